The number of benzene rings is 1. The minimum Gasteiger partial charge on any atom is -0.206 e. The summed E-state index contributed by atoms with van der Waals surface area (Å²) in [6.07, 6.45) is -0.911. The molecule has 6 heteroatoms. The zero-order chi connectivity index (χ0) is 11.8. The second-order valence-electron chi connectivity index (χ2n) is 2.90. The number of hydrogen-bond donors (Lipinski definition) is 0. The largest absolute Gasteiger partial charge is 0.278 e. The molecule has 15 heavy (non-hydrogen) atoms. The van der Waals surface area contributed by atoms with Gasteiger partial charge in [0.15, 0.2) is 17.5 Å². The lowest BCUT2D eigenvalue weighted by Gasteiger charge is -2.16. The lowest BCUT2D eigenvalue weighted by molar-refractivity contribution is -0.0162. The van der Waals surface area contributed by atoms with Gasteiger partial charge in [-0.1, -0.05) is 6.92 Å². The molecule has 0 spiro atoms. The Balaban J connectivity index is 3.49. The van der Waals surface area contributed by atoms with Gasteiger partial charge in [0.05, 0.1) is 5.56 Å². The van der Waals surface area contributed by atoms with Crippen LogP contribution < -0.4 is 0 Å². The fourth-order valence-corrected chi connectivity index (χ4v) is 1.08. The van der Waals surface area contributed by atoms with Crippen LogP contribution in [-0.4, -0.2) is 0 Å². The van der Waals surface area contributed by atoms with E-state index in [9.17, 15) is 26.3 Å². The van der Waals surface area contributed by atoms with E-state index in [1.54, 1.807) is 0 Å². The Kier molecular flexibility index (Phi) is 2.97. The van der Waals surface area contributed by atoms with Crippen molar-refractivity contribution in [3.63, 3.8) is 0 Å². The van der Waals surface area contributed by atoms with Crippen LogP contribution in [0.1, 0.15) is 18.9 Å². The number of hydrogen-bond acceptors (Lipinski definition) is 0. The highest BCUT2D eigenvalue weighted by atomic mass is 19.3. The van der Waals surface area contributed by atoms with Crippen LogP contribution in [-0.2, 0) is 5.92 Å². The van der Waals surface area contributed by atoms with Crippen LogP contribution in [0.5, 0.6) is 0 Å². The average molecular weight is 228 g/mol. The van der Waals surface area contributed by atoms with Gasteiger partial charge in [0.1, 0.15) is 5.82 Å². The molecule has 1 aromatic carbocycles. The van der Waals surface area contributed by atoms with Crippen molar-refractivity contribution in [1.82, 2.24) is 0 Å². The summed E-state index contributed by atoms with van der Waals surface area (Å²) in [5, 5.41) is 0. The first kappa shape index (κ1) is 11.9. The summed E-state index contributed by atoms with van der Waals surface area (Å²) in [5.74, 6) is -11.8. The predicted molar refractivity (Wildman–Crippen MR) is 40.5 cm³/mol. The van der Waals surface area contributed by atoms with E-state index in [0.717, 1.165) is 6.92 Å². The van der Waals surface area contributed by atoms with E-state index in [4.69, 9.17) is 0 Å². The van der Waals surface area contributed by atoms with Crippen LogP contribution in [0.3, 0.4) is 0 Å². The Morgan fingerprint density at radius 2 is 1.53 bits per heavy atom. The Morgan fingerprint density at radius 3 is 2.00 bits per heavy atom. The lowest BCUT2D eigenvalue weighted by Crippen LogP contribution is -2.18. The normalized spacial score (nSPS) is 11.9. The molecule has 0 aliphatic rings. The van der Waals surface area contributed by atoms with Crippen LogP contribution in [0, 0.1) is 23.3 Å². The molecule has 0 saturated heterocycles. The van der Waals surface area contributed by atoms with Crippen molar-refractivity contribution in [3.05, 3.63) is 34.9 Å². The Morgan fingerprint density at radius 1 is 1.00 bits per heavy atom. The van der Waals surface area contributed by atoms with Gasteiger partial charge in [0.25, 0.3) is 5.92 Å². The molecule has 0 atom stereocenters. The molecule has 0 aliphatic carbocycles. The lowest BCUT2D eigenvalue weighted by atomic mass is 10.0. The van der Waals surface area contributed by atoms with Crippen LogP contribution in [0.2, 0.25) is 0 Å². The van der Waals surface area contributed by atoms with Crippen LogP contribution in [0.15, 0.2) is 6.07 Å². The third-order valence-corrected chi connectivity index (χ3v) is 1.92. The quantitative estimate of drug-likeness (QED) is 0.411. The van der Waals surface area contributed by atoms with E-state index in [1.807, 2.05) is 0 Å². The van der Waals surface area contributed by atoms with Crippen molar-refractivity contribution in [3.8, 4) is 0 Å². The van der Waals surface area contributed by atoms with Crippen molar-refractivity contribution in [1.29, 1.82) is 0 Å². The van der Waals surface area contributed by atoms with Gasteiger partial charge in [-0.05, 0) is 0 Å². The van der Waals surface area contributed by atoms with Crippen LogP contribution in [0.25, 0.3) is 0 Å². The zero-order valence-electron chi connectivity index (χ0n) is 7.55. The van der Waals surface area contributed by atoms with Gasteiger partial charge in [0, 0.05) is 12.5 Å². The maximum Gasteiger partial charge on any atom is 0.278 e. The van der Waals surface area contributed by atoms with Gasteiger partial charge in [-0.25, -0.2) is 26.3 Å². The van der Waals surface area contributed by atoms with Gasteiger partial charge in [-0.2, -0.15) is 0 Å². The molecular formula is C9H6F6. The molecule has 0 heterocycles. The maximum absolute atomic E-state index is 12.9. The summed E-state index contributed by atoms with van der Waals surface area (Å²) in [6, 6.07) is -0.0999. The average Bonchev–Trinajstić information content (AvgIpc) is 2.14. The number of alkyl halides is 2. The summed E-state index contributed by atoms with van der Waals surface area (Å²) in [4.78, 5) is 0. The van der Waals surface area contributed by atoms with E-state index in [2.05, 4.69) is 0 Å². The van der Waals surface area contributed by atoms with Crippen molar-refractivity contribution >= 4 is 0 Å². The smallest absolute Gasteiger partial charge is 0.206 e. The first-order chi connectivity index (χ1) is 6.81. The monoisotopic (exact) mass is 228 g/mol. The molecule has 84 valence electrons. The highest BCUT2D eigenvalue weighted by Gasteiger charge is 2.38. The summed E-state index contributed by atoms with van der Waals surface area (Å²) >= 11 is 0. The van der Waals surface area contributed by atoms with Gasteiger partial charge in [-0.15, -0.1) is 0 Å². The van der Waals surface area contributed by atoms with Crippen molar-refractivity contribution in [2.75, 3.05) is 0 Å². The Bertz CT molecular complexity index is 385. The number of halogens is 6. The van der Waals surface area contributed by atoms with Gasteiger partial charge in [0.2, 0.25) is 0 Å². The van der Waals surface area contributed by atoms with Crippen molar-refractivity contribution in [2.45, 2.75) is 19.3 Å². The molecule has 0 nitrogen and oxygen atoms in total. The second-order valence-corrected chi connectivity index (χ2v) is 2.90. The van der Waals surface area contributed by atoms with Crippen LogP contribution in [0.4, 0.5) is 26.3 Å². The first-order valence-electron chi connectivity index (χ1n) is 4.02. The van der Waals surface area contributed by atoms with Gasteiger partial charge >= 0.3 is 0 Å². The molecule has 0 unspecified atom stereocenters. The summed E-state index contributed by atoms with van der Waals surface area (Å²) in [5.41, 5.74) is -1.73. The molecule has 0 N–H and O–H groups in total. The van der Waals surface area contributed by atoms with E-state index < -0.39 is 41.2 Å². The fraction of sp³-hybridized carbons (Fsp3) is 0.333. The molecule has 1 aromatic rings. The summed E-state index contributed by atoms with van der Waals surface area (Å²) < 4.78 is 76.6. The highest BCUT2D eigenvalue weighted by molar-refractivity contribution is 5.26. The third-order valence-electron chi connectivity index (χ3n) is 1.92. The standard InChI is InChI=1S/C9H6F6/c1-2-9(14,15)6-4(10)3-5(11)7(12)8(6)13/h3H,2H2,1H3. The molecule has 0 amide bonds. The fourth-order valence-electron chi connectivity index (χ4n) is 1.08. The van der Waals surface area contributed by atoms with E-state index in [0.29, 0.717) is 0 Å². The van der Waals surface area contributed by atoms with Gasteiger partial charge in [-0.3, -0.25) is 0 Å². The predicted octanol–water partition coefficient (Wildman–Crippen LogP) is 3.74. The van der Waals surface area contributed by atoms with E-state index in [-0.39, 0.29) is 6.07 Å². The molecule has 0 saturated carbocycles. The molecule has 0 aromatic heterocycles. The van der Waals surface area contributed by atoms with Gasteiger partial charge < -0.3 is 0 Å². The summed E-state index contributed by atoms with van der Waals surface area (Å²) in [7, 11) is 0. The SMILES string of the molecule is CCC(F)(F)c1c(F)cc(F)c(F)c1F. The second kappa shape index (κ2) is 3.75. The van der Waals surface area contributed by atoms with Crippen molar-refractivity contribution < 1.29 is 26.3 Å². The maximum atomic E-state index is 12.9. The Hall–Kier alpha value is -1.20. The van der Waals surface area contributed by atoms with E-state index in [1.165, 1.54) is 0 Å². The minimum absolute atomic E-state index is 0.0999. The Labute approximate surface area is 81.5 Å². The minimum atomic E-state index is -3.86. The third kappa shape index (κ3) is 1.93. The molecule has 0 fully saturated rings. The topological polar surface area (TPSA) is 0 Å². The zero-order valence-corrected chi connectivity index (χ0v) is 7.55. The molecule has 1 rings (SSSR count). The first-order valence-corrected chi connectivity index (χ1v) is 4.02. The highest BCUT2D eigenvalue weighted by Crippen LogP contribution is 2.36. The van der Waals surface area contributed by atoms with Crippen molar-refractivity contribution in [2.24, 2.45) is 0 Å². The molecule has 0 bridgehead atoms. The number of rotatable bonds is 2. The molecular weight excluding hydrogens is 222 g/mol. The van der Waals surface area contributed by atoms with Crippen LogP contribution >= 0.6 is 0 Å². The molecule has 0 radical (unpaired) electrons. The van der Waals surface area contributed by atoms with E-state index >= 15 is 0 Å². The molecule has 0 aliphatic heterocycles. The summed E-state index contributed by atoms with van der Waals surface area (Å²) in [6.45, 7) is 0.972.